The Morgan fingerprint density at radius 3 is 2.88 bits per heavy atom. The summed E-state index contributed by atoms with van der Waals surface area (Å²) in [5.41, 5.74) is 2.14. The minimum Gasteiger partial charge on any atom is -0.381 e. The number of nitrogens with zero attached hydrogens (tertiary/aromatic N) is 1. The van der Waals surface area contributed by atoms with Crippen molar-refractivity contribution in [1.82, 2.24) is 9.55 Å². The van der Waals surface area contributed by atoms with E-state index in [2.05, 4.69) is 9.55 Å². The highest BCUT2D eigenvalue weighted by Crippen LogP contribution is 2.27. The minimum absolute atomic E-state index is 0.420. The quantitative estimate of drug-likeness (QED) is 0.799. The lowest BCUT2D eigenvalue weighted by Crippen LogP contribution is -2.19. The van der Waals surface area contributed by atoms with E-state index < -0.39 is 0 Å². The summed E-state index contributed by atoms with van der Waals surface area (Å²) in [4.78, 5) is 3.23. The summed E-state index contributed by atoms with van der Waals surface area (Å²) in [5, 5.41) is 0.743. The zero-order chi connectivity index (χ0) is 11.8. The Hall–Kier alpha value is -0.840. The van der Waals surface area contributed by atoms with Gasteiger partial charge in [0.1, 0.15) is 0 Å². The van der Waals surface area contributed by atoms with Crippen molar-refractivity contribution in [3.8, 4) is 0 Å². The molecule has 0 atom stereocenters. The third-order valence-electron chi connectivity index (χ3n) is 3.24. The molecule has 1 saturated heterocycles. The predicted molar refractivity (Wildman–Crippen MR) is 71.2 cm³/mol. The molecule has 0 unspecified atom stereocenters. The number of ether oxygens (including phenoxy) is 1. The van der Waals surface area contributed by atoms with Crippen LogP contribution in [-0.4, -0.2) is 22.8 Å². The Labute approximate surface area is 109 Å². The second-order valence-electron chi connectivity index (χ2n) is 4.31. The Morgan fingerprint density at radius 1 is 1.35 bits per heavy atom. The van der Waals surface area contributed by atoms with Gasteiger partial charge in [-0.15, -0.1) is 0 Å². The van der Waals surface area contributed by atoms with Gasteiger partial charge in [0.25, 0.3) is 0 Å². The first-order valence-corrected chi connectivity index (χ1v) is 6.52. The van der Waals surface area contributed by atoms with Crippen LogP contribution in [0.2, 0.25) is 5.02 Å². The molecule has 3 nitrogen and oxygen atoms in total. The molecule has 1 aliphatic rings. The van der Waals surface area contributed by atoms with Crippen molar-refractivity contribution in [2.75, 3.05) is 13.2 Å². The number of hydrogen-bond acceptors (Lipinski definition) is 2. The monoisotopic (exact) mass is 268 g/mol. The molecule has 1 N–H and O–H groups in total. The van der Waals surface area contributed by atoms with Crippen molar-refractivity contribution >= 4 is 34.9 Å². The second-order valence-corrected chi connectivity index (χ2v) is 5.13. The number of aromatic nitrogens is 2. The maximum Gasteiger partial charge on any atom is 0.178 e. The Bertz CT molecular complexity index is 598. The number of H-pyrrole nitrogens is 1. The summed E-state index contributed by atoms with van der Waals surface area (Å²) in [5.74, 6) is 0. The number of aromatic amines is 1. The Balaban J connectivity index is 2.16. The lowest BCUT2D eigenvalue weighted by molar-refractivity contribution is 0.0702. The van der Waals surface area contributed by atoms with E-state index >= 15 is 0 Å². The molecular weight excluding hydrogens is 256 g/mol. The molecule has 3 rings (SSSR count). The summed E-state index contributed by atoms with van der Waals surface area (Å²) in [6, 6.07) is 6.24. The van der Waals surface area contributed by atoms with Gasteiger partial charge >= 0.3 is 0 Å². The first kappa shape index (κ1) is 11.3. The van der Waals surface area contributed by atoms with Crippen LogP contribution < -0.4 is 0 Å². The van der Waals surface area contributed by atoms with E-state index in [1.54, 1.807) is 0 Å². The van der Waals surface area contributed by atoms with Crippen LogP contribution in [-0.2, 0) is 4.74 Å². The van der Waals surface area contributed by atoms with Gasteiger partial charge in [0.15, 0.2) is 4.77 Å². The predicted octanol–water partition coefficient (Wildman–Crippen LogP) is 3.70. The average Bonchev–Trinajstić information content (AvgIpc) is 2.65. The fraction of sp³-hybridized carbons (Fsp3) is 0.417. The van der Waals surface area contributed by atoms with Gasteiger partial charge < -0.3 is 14.3 Å². The first-order chi connectivity index (χ1) is 8.25. The highest BCUT2D eigenvalue weighted by atomic mass is 35.5. The lowest BCUT2D eigenvalue weighted by Gasteiger charge is -2.24. The number of halogens is 1. The SMILES string of the molecule is S=c1[nH]c2ccc(Cl)cc2n1C1CCOCC1. The summed E-state index contributed by atoms with van der Waals surface area (Å²) >= 11 is 11.5. The van der Waals surface area contributed by atoms with Gasteiger partial charge in [0, 0.05) is 24.3 Å². The van der Waals surface area contributed by atoms with Crippen molar-refractivity contribution in [1.29, 1.82) is 0 Å². The number of hydrogen-bond donors (Lipinski definition) is 1. The zero-order valence-electron chi connectivity index (χ0n) is 9.28. The second kappa shape index (κ2) is 4.44. The average molecular weight is 269 g/mol. The number of fused-ring (bicyclic) bond motifs is 1. The fourth-order valence-corrected chi connectivity index (χ4v) is 2.92. The van der Waals surface area contributed by atoms with Crippen molar-refractivity contribution in [3.63, 3.8) is 0 Å². The molecule has 0 aliphatic carbocycles. The standard InChI is InChI=1S/C12H13ClN2OS/c13-8-1-2-10-11(7-8)15(12(17)14-10)9-3-5-16-6-4-9/h1-2,7,9H,3-6H2,(H,14,17). The highest BCUT2D eigenvalue weighted by molar-refractivity contribution is 7.71. The summed E-state index contributed by atoms with van der Waals surface area (Å²) in [7, 11) is 0. The van der Waals surface area contributed by atoms with Crippen molar-refractivity contribution in [2.45, 2.75) is 18.9 Å². The molecular formula is C12H13ClN2OS. The summed E-state index contributed by atoms with van der Waals surface area (Å²) in [6.07, 6.45) is 2.02. The van der Waals surface area contributed by atoms with Crippen LogP contribution in [0.1, 0.15) is 18.9 Å². The van der Waals surface area contributed by atoms with Crippen LogP contribution in [0, 0.1) is 4.77 Å². The van der Waals surface area contributed by atoms with Gasteiger partial charge in [0.05, 0.1) is 11.0 Å². The van der Waals surface area contributed by atoms with Crippen LogP contribution in [0.4, 0.5) is 0 Å². The fourth-order valence-electron chi connectivity index (χ4n) is 2.40. The largest absolute Gasteiger partial charge is 0.381 e. The summed E-state index contributed by atoms with van der Waals surface area (Å²) < 4.78 is 8.34. The molecule has 0 bridgehead atoms. The molecule has 0 spiro atoms. The molecule has 1 fully saturated rings. The molecule has 1 aromatic carbocycles. The molecule has 5 heteroatoms. The smallest absolute Gasteiger partial charge is 0.178 e. The summed E-state index contributed by atoms with van der Waals surface area (Å²) in [6.45, 7) is 1.61. The Kier molecular flexibility index (Phi) is 2.94. The molecule has 0 amide bonds. The molecule has 0 saturated carbocycles. The van der Waals surface area contributed by atoms with Gasteiger partial charge in [0.2, 0.25) is 0 Å². The van der Waals surface area contributed by atoms with Crippen LogP contribution in [0.15, 0.2) is 18.2 Å². The van der Waals surface area contributed by atoms with Crippen LogP contribution in [0.25, 0.3) is 11.0 Å². The third-order valence-corrected chi connectivity index (χ3v) is 3.77. The number of imidazole rings is 1. The van der Waals surface area contributed by atoms with E-state index in [4.69, 9.17) is 28.6 Å². The van der Waals surface area contributed by atoms with E-state index in [1.165, 1.54) is 0 Å². The maximum absolute atomic E-state index is 6.05. The molecule has 17 heavy (non-hydrogen) atoms. The van der Waals surface area contributed by atoms with E-state index in [1.807, 2.05) is 18.2 Å². The molecule has 0 radical (unpaired) electrons. The van der Waals surface area contributed by atoms with Gasteiger partial charge in [-0.1, -0.05) is 11.6 Å². The van der Waals surface area contributed by atoms with Crippen LogP contribution in [0.3, 0.4) is 0 Å². The Morgan fingerprint density at radius 2 is 2.12 bits per heavy atom. The molecule has 2 heterocycles. The third kappa shape index (κ3) is 2.01. The van der Waals surface area contributed by atoms with E-state index in [9.17, 15) is 0 Å². The number of benzene rings is 1. The van der Waals surface area contributed by atoms with Crippen molar-refractivity contribution in [2.24, 2.45) is 0 Å². The van der Waals surface area contributed by atoms with Gasteiger partial charge in [-0.2, -0.15) is 0 Å². The zero-order valence-corrected chi connectivity index (χ0v) is 10.9. The normalized spacial score (nSPS) is 17.7. The highest BCUT2D eigenvalue weighted by Gasteiger charge is 2.18. The maximum atomic E-state index is 6.05. The van der Waals surface area contributed by atoms with Crippen molar-refractivity contribution in [3.05, 3.63) is 28.0 Å². The van der Waals surface area contributed by atoms with Crippen LogP contribution >= 0.6 is 23.8 Å². The lowest BCUT2D eigenvalue weighted by atomic mass is 10.1. The van der Waals surface area contributed by atoms with Gasteiger partial charge in [-0.05, 0) is 43.3 Å². The van der Waals surface area contributed by atoms with E-state index in [0.717, 1.165) is 46.9 Å². The molecule has 1 aromatic heterocycles. The van der Waals surface area contributed by atoms with E-state index in [-0.39, 0.29) is 0 Å². The van der Waals surface area contributed by atoms with Crippen molar-refractivity contribution < 1.29 is 4.74 Å². The first-order valence-electron chi connectivity index (χ1n) is 5.73. The minimum atomic E-state index is 0.420. The number of nitrogens with one attached hydrogen (secondary N) is 1. The number of rotatable bonds is 1. The molecule has 90 valence electrons. The van der Waals surface area contributed by atoms with E-state index in [0.29, 0.717) is 6.04 Å². The van der Waals surface area contributed by atoms with Crippen LogP contribution in [0.5, 0.6) is 0 Å². The molecule has 1 aliphatic heterocycles. The van der Waals surface area contributed by atoms with Gasteiger partial charge in [-0.3, -0.25) is 0 Å². The topological polar surface area (TPSA) is 29.9 Å². The van der Waals surface area contributed by atoms with Gasteiger partial charge in [-0.25, -0.2) is 0 Å². The molecule has 2 aromatic rings.